The van der Waals surface area contributed by atoms with Crippen molar-refractivity contribution in [2.24, 2.45) is 5.92 Å². The maximum Gasteiger partial charge on any atom is 0.290 e. The number of carbonyl (C=O) groups is 1. The predicted octanol–water partition coefficient (Wildman–Crippen LogP) is 0.868. The number of amides is 1. The molecule has 0 aromatic carbocycles. The minimum atomic E-state index is -0.228. The first-order valence-corrected chi connectivity index (χ1v) is 6.25. The first-order chi connectivity index (χ1) is 8.47. The van der Waals surface area contributed by atoms with Gasteiger partial charge in [-0.15, -0.1) is 5.10 Å². The number of rotatable bonds is 3. The Morgan fingerprint density at radius 3 is 2.89 bits per heavy atom. The molecule has 2 heterocycles. The van der Waals surface area contributed by atoms with Crippen LogP contribution in [0.1, 0.15) is 43.6 Å². The van der Waals surface area contributed by atoms with Crippen LogP contribution in [0.3, 0.4) is 0 Å². The number of H-pyrrole nitrogens is 1. The Kier molecular flexibility index (Phi) is 3.65. The standard InChI is InChI=1S/C12H20N4O2/c1-12(2,3)11-14-9(15-16-11)10(17)13-6-8-4-5-18-7-8/h8H,4-7H2,1-3H3,(H,13,17)(H,14,15,16). The van der Waals surface area contributed by atoms with E-state index in [1.807, 2.05) is 20.8 Å². The number of carbonyl (C=O) groups excluding carboxylic acids is 1. The zero-order valence-corrected chi connectivity index (χ0v) is 11.1. The van der Waals surface area contributed by atoms with Crippen LogP contribution in [0.15, 0.2) is 0 Å². The van der Waals surface area contributed by atoms with Gasteiger partial charge in [-0.05, 0) is 6.42 Å². The summed E-state index contributed by atoms with van der Waals surface area (Å²) < 4.78 is 5.26. The van der Waals surface area contributed by atoms with E-state index in [-0.39, 0.29) is 17.1 Å². The van der Waals surface area contributed by atoms with Gasteiger partial charge in [-0.2, -0.15) is 0 Å². The summed E-state index contributed by atoms with van der Waals surface area (Å²) >= 11 is 0. The Labute approximate surface area is 107 Å². The number of hydrogen-bond acceptors (Lipinski definition) is 4. The number of ether oxygens (including phenoxy) is 1. The first-order valence-electron chi connectivity index (χ1n) is 6.25. The largest absolute Gasteiger partial charge is 0.381 e. The molecular weight excluding hydrogens is 232 g/mol. The number of aromatic nitrogens is 3. The second-order valence-electron chi connectivity index (χ2n) is 5.70. The zero-order chi connectivity index (χ0) is 13.2. The third-order valence-electron chi connectivity index (χ3n) is 2.97. The SMILES string of the molecule is CC(C)(C)c1nc(C(=O)NCC2CCOC2)n[nH]1. The van der Waals surface area contributed by atoms with Crippen LogP contribution in [0.25, 0.3) is 0 Å². The molecule has 2 N–H and O–H groups in total. The van der Waals surface area contributed by atoms with Crippen LogP contribution < -0.4 is 5.32 Å². The highest BCUT2D eigenvalue weighted by Crippen LogP contribution is 2.17. The van der Waals surface area contributed by atoms with Crippen molar-refractivity contribution in [2.75, 3.05) is 19.8 Å². The lowest BCUT2D eigenvalue weighted by molar-refractivity contribution is 0.0935. The average Bonchev–Trinajstić information content (AvgIpc) is 2.96. The van der Waals surface area contributed by atoms with Crippen LogP contribution in [-0.4, -0.2) is 40.8 Å². The first kappa shape index (κ1) is 13.0. The summed E-state index contributed by atoms with van der Waals surface area (Å²) in [6, 6.07) is 0. The molecule has 0 bridgehead atoms. The predicted molar refractivity (Wildman–Crippen MR) is 66.3 cm³/mol. The summed E-state index contributed by atoms with van der Waals surface area (Å²) in [7, 11) is 0. The summed E-state index contributed by atoms with van der Waals surface area (Å²) in [6.45, 7) is 8.19. The lowest BCUT2D eigenvalue weighted by Crippen LogP contribution is -2.30. The fourth-order valence-electron chi connectivity index (χ4n) is 1.76. The van der Waals surface area contributed by atoms with Gasteiger partial charge in [0.05, 0.1) is 6.61 Å². The molecule has 1 fully saturated rings. The molecule has 1 aliphatic heterocycles. The lowest BCUT2D eigenvalue weighted by atomic mass is 9.96. The van der Waals surface area contributed by atoms with Crippen LogP contribution in [0, 0.1) is 5.92 Å². The Hall–Kier alpha value is -1.43. The van der Waals surface area contributed by atoms with Gasteiger partial charge in [0.1, 0.15) is 5.82 Å². The maximum absolute atomic E-state index is 11.8. The van der Waals surface area contributed by atoms with E-state index in [0.29, 0.717) is 12.5 Å². The van der Waals surface area contributed by atoms with Crippen molar-refractivity contribution in [3.63, 3.8) is 0 Å². The van der Waals surface area contributed by atoms with Crippen molar-refractivity contribution in [1.82, 2.24) is 20.5 Å². The molecule has 6 nitrogen and oxygen atoms in total. The van der Waals surface area contributed by atoms with Crippen molar-refractivity contribution < 1.29 is 9.53 Å². The quantitative estimate of drug-likeness (QED) is 0.836. The van der Waals surface area contributed by atoms with Crippen molar-refractivity contribution in [2.45, 2.75) is 32.6 Å². The smallest absolute Gasteiger partial charge is 0.290 e. The van der Waals surface area contributed by atoms with Gasteiger partial charge in [0, 0.05) is 24.5 Å². The molecule has 100 valence electrons. The summed E-state index contributed by atoms with van der Waals surface area (Å²) in [5, 5.41) is 9.60. The van der Waals surface area contributed by atoms with Gasteiger partial charge in [-0.25, -0.2) is 4.98 Å². The second kappa shape index (κ2) is 5.06. The third-order valence-corrected chi connectivity index (χ3v) is 2.97. The summed E-state index contributed by atoms with van der Waals surface area (Å²) in [5.74, 6) is 1.11. The van der Waals surface area contributed by atoms with Crippen molar-refractivity contribution in [1.29, 1.82) is 0 Å². The van der Waals surface area contributed by atoms with Crippen LogP contribution >= 0.6 is 0 Å². The number of aromatic amines is 1. The van der Waals surface area contributed by atoms with Crippen LogP contribution in [0.4, 0.5) is 0 Å². The van der Waals surface area contributed by atoms with Crippen molar-refractivity contribution in [3.05, 3.63) is 11.6 Å². The number of nitrogens with zero attached hydrogens (tertiary/aromatic N) is 2. The molecule has 2 rings (SSSR count). The normalized spacial score (nSPS) is 20.1. The number of hydrogen-bond donors (Lipinski definition) is 2. The van der Waals surface area contributed by atoms with Gasteiger partial charge in [0.25, 0.3) is 5.91 Å². The van der Waals surface area contributed by atoms with Crippen LogP contribution in [0.5, 0.6) is 0 Å². The maximum atomic E-state index is 11.8. The Morgan fingerprint density at radius 1 is 1.56 bits per heavy atom. The zero-order valence-electron chi connectivity index (χ0n) is 11.1. The van der Waals surface area contributed by atoms with E-state index < -0.39 is 0 Å². The Balaban J connectivity index is 1.90. The summed E-state index contributed by atoms with van der Waals surface area (Å²) in [4.78, 5) is 16.1. The van der Waals surface area contributed by atoms with E-state index in [9.17, 15) is 4.79 Å². The molecule has 1 atom stereocenters. The molecule has 0 saturated carbocycles. The molecule has 1 aliphatic rings. The van der Waals surface area contributed by atoms with Gasteiger partial charge in [-0.1, -0.05) is 20.8 Å². The molecule has 6 heteroatoms. The molecule has 1 unspecified atom stereocenters. The van der Waals surface area contributed by atoms with E-state index in [4.69, 9.17) is 4.74 Å². The average molecular weight is 252 g/mol. The highest BCUT2D eigenvalue weighted by Gasteiger charge is 2.22. The van der Waals surface area contributed by atoms with Gasteiger partial charge in [0.15, 0.2) is 0 Å². The van der Waals surface area contributed by atoms with Gasteiger partial charge >= 0.3 is 0 Å². The molecule has 1 saturated heterocycles. The lowest BCUT2D eigenvalue weighted by Gasteiger charge is -2.12. The van der Waals surface area contributed by atoms with E-state index >= 15 is 0 Å². The summed E-state index contributed by atoms with van der Waals surface area (Å²) in [5.41, 5.74) is -0.134. The van der Waals surface area contributed by atoms with Crippen molar-refractivity contribution in [3.8, 4) is 0 Å². The van der Waals surface area contributed by atoms with Gasteiger partial charge in [0.2, 0.25) is 5.82 Å². The molecule has 1 aromatic heterocycles. The van der Waals surface area contributed by atoms with Crippen LogP contribution in [0.2, 0.25) is 0 Å². The van der Waals surface area contributed by atoms with Gasteiger partial charge in [-0.3, -0.25) is 9.89 Å². The van der Waals surface area contributed by atoms with E-state index in [2.05, 4.69) is 20.5 Å². The highest BCUT2D eigenvalue weighted by molar-refractivity contribution is 5.90. The van der Waals surface area contributed by atoms with Crippen molar-refractivity contribution >= 4 is 5.91 Å². The Bertz CT molecular complexity index is 416. The minimum Gasteiger partial charge on any atom is -0.381 e. The van der Waals surface area contributed by atoms with E-state index in [1.165, 1.54) is 0 Å². The molecule has 0 radical (unpaired) electrons. The number of nitrogens with one attached hydrogen (secondary N) is 2. The van der Waals surface area contributed by atoms with E-state index in [0.717, 1.165) is 25.5 Å². The Morgan fingerprint density at radius 2 is 2.33 bits per heavy atom. The monoisotopic (exact) mass is 252 g/mol. The fourth-order valence-corrected chi connectivity index (χ4v) is 1.76. The molecule has 0 aliphatic carbocycles. The molecule has 0 spiro atoms. The van der Waals surface area contributed by atoms with Crippen LogP contribution in [-0.2, 0) is 10.2 Å². The van der Waals surface area contributed by atoms with Gasteiger partial charge < -0.3 is 10.1 Å². The minimum absolute atomic E-state index is 0.134. The second-order valence-corrected chi connectivity index (χ2v) is 5.70. The molecule has 18 heavy (non-hydrogen) atoms. The fraction of sp³-hybridized carbons (Fsp3) is 0.750. The molecular formula is C12H20N4O2. The molecule has 1 amide bonds. The van der Waals surface area contributed by atoms with E-state index in [1.54, 1.807) is 0 Å². The summed E-state index contributed by atoms with van der Waals surface area (Å²) in [6.07, 6.45) is 1.00. The molecule has 1 aromatic rings. The highest BCUT2D eigenvalue weighted by atomic mass is 16.5. The third kappa shape index (κ3) is 3.07. The topological polar surface area (TPSA) is 79.9 Å².